The minimum atomic E-state index is 0.402. The van der Waals surface area contributed by atoms with Crippen LogP contribution in [0.5, 0.6) is 5.75 Å². The Morgan fingerprint density at radius 3 is 2.81 bits per heavy atom. The number of ether oxygens (including phenoxy) is 1. The lowest BCUT2D eigenvalue weighted by Crippen LogP contribution is -2.13. The van der Waals surface area contributed by atoms with Gasteiger partial charge in [-0.25, -0.2) is 0 Å². The van der Waals surface area contributed by atoms with Gasteiger partial charge in [-0.1, -0.05) is 13.8 Å². The van der Waals surface area contributed by atoms with Crippen molar-refractivity contribution in [2.24, 2.45) is 0 Å². The Balaban J connectivity index is 1.90. The highest BCUT2D eigenvalue weighted by Crippen LogP contribution is 2.38. The Hall–Kier alpha value is -1.18. The molecule has 2 unspecified atom stereocenters. The summed E-state index contributed by atoms with van der Waals surface area (Å²) in [6, 6.07) is 5.18. The molecule has 1 aromatic carbocycles. The maximum Gasteiger partial charge on any atom is 0.123 e. The summed E-state index contributed by atoms with van der Waals surface area (Å²) in [5.41, 5.74) is 4.16. The third-order valence-electron chi connectivity index (χ3n) is 3.80. The fourth-order valence-corrected chi connectivity index (χ4v) is 2.72. The van der Waals surface area contributed by atoms with Gasteiger partial charge in [-0.05, 0) is 42.5 Å². The molecule has 2 aliphatic rings. The number of fused-ring (bicyclic) bond motifs is 2. The Morgan fingerprint density at radius 1 is 1.19 bits per heavy atom. The first-order chi connectivity index (χ1) is 7.80. The van der Waals surface area contributed by atoms with E-state index in [-0.39, 0.29) is 0 Å². The summed E-state index contributed by atoms with van der Waals surface area (Å²) in [6.07, 6.45) is 4.93. The Labute approximate surface area is 97.0 Å². The van der Waals surface area contributed by atoms with Crippen molar-refractivity contribution < 1.29 is 4.74 Å². The fraction of sp³-hybridized carbons (Fsp3) is 0.571. The average Bonchev–Trinajstić information content (AvgIpc) is 2.86. The molecule has 1 aromatic rings. The van der Waals surface area contributed by atoms with Crippen LogP contribution in [0.4, 0.5) is 5.69 Å². The van der Waals surface area contributed by atoms with Crippen molar-refractivity contribution in [2.45, 2.75) is 51.7 Å². The lowest BCUT2D eigenvalue weighted by atomic mass is 10.0. The first-order valence-electron chi connectivity index (χ1n) is 6.39. The van der Waals surface area contributed by atoms with Crippen molar-refractivity contribution in [1.29, 1.82) is 0 Å². The predicted octanol–water partition coefficient (Wildman–Crippen LogP) is 3.15. The van der Waals surface area contributed by atoms with E-state index in [4.69, 9.17) is 4.74 Å². The minimum Gasteiger partial charge on any atom is -0.490 e. The second-order valence-electron chi connectivity index (χ2n) is 4.92. The molecule has 0 saturated carbocycles. The van der Waals surface area contributed by atoms with Crippen LogP contribution in [0, 0.1) is 0 Å². The SMILES string of the molecule is CCC1Cc2cc3c(cc2N1)CC(CC)O3. The van der Waals surface area contributed by atoms with Crippen LogP contribution in [0.15, 0.2) is 12.1 Å². The minimum absolute atomic E-state index is 0.402. The number of rotatable bonds is 2. The molecule has 0 amide bonds. The zero-order chi connectivity index (χ0) is 11.1. The van der Waals surface area contributed by atoms with Gasteiger partial charge in [0, 0.05) is 18.2 Å². The Kier molecular flexibility index (Phi) is 2.31. The van der Waals surface area contributed by atoms with Gasteiger partial charge in [0.15, 0.2) is 0 Å². The van der Waals surface area contributed by atoms with E-state index in [0.717, 1.165) is 25.0 Å². The Morgan fingerprint density at radius 2 is 2.06 bits per heavy atom. The zero-order valence-electron chi connectivity index (χ0n) is 10.0. The molecule has 86 valence electrons. The van der Waals surface area contributed by atoms with E-state index < -0.39 is 0 Å². The van der Waals surface area contributed by atoms with Gasteiger partial charge in [-0.15, -0.1) is 0 Å². The van der Waals surface area contributed by atoms with E-state index >= 15 is 0 Å². The van der Waals surface area contributed by atoms with Crippen LogP contribution in [0.2, 0.25) is 0 Å². The summed E-state index contributed by atoms with van der Waals surface area (Å²) in [5, 5.41) is 3.59. The fourth-order valence-electron chi connectivity index (χ4n) is 2.72. The van der Waals surface area contributed by atoms with Crippen LogP contribution in [-0.2, 0) is 12.8 Å². The highest BCUT2D eigenvalue weighted by molar-refractivity contribution is 5.62. The van der Waals surface area contributed by atoms with Crippen LogP contribution in [0.25, 0.3) is 0 Å². The van der Waals surface area contributed by atoms with E-state index in [1.165, 1.54) is 23.2 Å². The predicted molar refractivity (Wildman–Crippen MR) is 66.3 cm³/mol. The highest BCUT2D eigenvalue weighted by atomic mass is 16.5. The van der Waals surface area contributed by atoms with Crippen LogP contribution in [0.1, 0.15) is 37.8 Å². The summed E-state index contributed by atoms with van der Waals surface area (Å²) in [6.45, 7) is 4.43. The van der Waals surface area contributed by atoms with Crippen LogP contribution >= 0.6 is 0 Å². The number of nitrogens with one attached hydrogen (secondary N) is 1. The molecule has 2 aliphatic heterocycles. The lowest BCUT2D eigenvalue weighted by Gasteiger charge is -2.06. The van der Waals surface area contributed by atoms with E-state index in [0.29, 0.717) is 12.1 Å². The van der Waals surface area contributed by atoms with Crippen molar-refractivity contribution in [1.82, 2.24) is 0 Å². The molecule has 0 aliphatic carbocycles. The molecule has 2 heteroatoms. The average molecular weight is 217 g/mol. The topological polar surface area (TPSA) is 21.3 Å². The van der Waals surface area contributed by atoms with Crippen LogP contribution in [0.3, 0.4) is 0 Å². The molecular weight excluding hydrogens is 198 g/mol. The standard InChI is InChI=1S/C14H19NO/c1-3-11-5-9-8-14-10(7-13(9)15-11)6-12(4-2)16-14/h7-8,11-12,15H,3-6H2,1-2H3. The summed E-state index contributed by atoms with van der Waals surface area (Å²) >= 11 is 0. The number of anilines is 1. The second kappa shape index (κ2) is 3.69. The third-order valence-corrected chi connectivity index (χ3v) is 3.80. The molecule has 1 N–H and O–H groups in total. The van der Waals surface area contributed by atoms with Gasteiger partial charge in [0.2, 0.25) is 0 Å². The van der Waals surface area contributed by atoms with Gasteiger partial charge in [-0.3, -0.25) is 0 Å². The largest absolute Gasteiger partial charge is 0.490 e. The second-order valence-corrected chi connectivity index (χ2v) is 4.92. The van der Waals surface area contributed by atoms with E-state index in [1.54, 1.807) is 0 Å². The summed E-state index contributed by atoms with van der Waals surface area (Å²) in [7, 11) is 0. The van der Waals surface area contributed by atoms with Gasteiger partial charge in [-0.2, -0.15) is 0 Å². The van der Waals surface area contributed by atoms with Crippen molar-refractivity contribution in [3.63, 3.8) is 0 Å². The molecule has 0 aromatic heterocycles. The first-order valence-corrected chi connectivity index (χ1v) is 6.39. The molecule has 16 heavy (non-hydrogen) atoms. The Bertz CT molecular complexity index is 343. The van der Waals surface area contributed by atoms with Crippen molar-refractivity contribution >= 4 is 5.69 Å². The maximum absolute atomic E-state index is 5.92. The molecule has 2 nitrogen and oxygen atoms in total. The van der Waals surface area contributed by atoms with Crippen molar-refractivity contribution in [3.8, 4) is 5.75 Å². The molecule has 3 rings (SSSR count). The van der Waals surface area contributed by atoms with Gasteiger partial charge in [0.25, 0.3) is 0 Å². The van der Waals surface area contributed by atoms with Crippen LogP contribution < -0.4 is 10.1 Å². The third kappa shape index (κ3) is 1.48. The monoisotopic (exact) mass is 217 g/mol. The van der Waals surface area contributed by atoms with Crippen molar-refractivity contribution in [3.05, 3.63) is 23.3 Å². The maximum atomic E-state index is 5.92. The molecule has 0 bridgehead atoms. The summed E-state index contributed by atoms with van der Waals surface area (Å²) < 4.78 is 5.92. The number of hydrogen-bond acceptors (Lipinski definition) is 2. The van der Waals surface area contributed by atoms with E-state index in [9.17, 15) is 0 Å². The molecule has 0 spiro atoms. The lowest BCUT2D eigenvalue weighted by molar-refractivity contribution is 0.228. The molecule has 2 heterocycles. The molecule has 0 saturated heterocycles. The first kappa shape index (κ1) is 10.0. The van der Waals surface area contributed by atoms with Crippen molar-refractivity contribution in [2.75, 3.05) is 5.32 Å². The highest BCUT2D eigenvalue weighted by Gasteiger charge is 2.26. The van der Waals surface area contributed by atoms with E-state index in [1.807, 2.05) is 0 Å². The van der Waals surface area contributed by atoms with Gasteiger partial charge in [0.1, 0.15) is 11.9 Å². The van der Waals surface area contributed by atoms with E-state index in [2.05, 4.69) is 31.3 Å². The number of benzene rings is 1. The van der Waals surface area contributed by atoms with Gasteiger partial charge < -0.3 is 10.1 Å². The molecule has 0 fully saturated rings. The quantitative estimate of drug-likeness (QED) is 0.821. The van der Waals surface area contributed by atoms with Crippen LogP contribution in [-0.4, -0.2) is 12.1 Å². The molecule has 2 atom stereocenters. The van der Waals surface area contributed by atoms with Gasteiger partial charge in [0.05, 0.1) is 0 Å². The normalized spacial score (nSPS) is 25.9. The smallest absolute Gasteiger partial charge is 0.123 e. The number of hydrogen-bond donors (Lipinski definition) is 1. The summed E-state index contributed by atoms with van der Waals surface area (Å²) in [5.74, 6) is 1.13. The molecule has 0 radical (unpaired) electrons. The summed E-state index contributed by atoms with van der Waals surface area (Å²) in [4.78, 5) is 0. The zero-order valence-corrected chi connectivity index (χ0v) is 10.0. The molecular formula is C14H19NO. The van der Waals surface area contributed by atoms with Gasteiger partial charge >= 0.3 is 0 Å².